The maximum Gasteiger partial charge on any atom is 0.236 e. The first kappa shape index (κ1) is 18.2. The van der Waals surface area contributed by atoms with Crippen LogP contribution in [0.4, 0.5) is 10.8 Å². The average molecular weight is 366 g/mol. The van der Waals surface area contributed by atoms with E-state index in [1.807, 2.05) is 19.1 Å². The standard InChI is InChI=1S/C15H18N4O3S2/c1-3-14-18-19-15(24-14)17-13(21)9-23-8-12(20)16-10-6-4-5-7-11(10)22-2/h4-7H,3,8-9H2,1-2H3,(H,16,20)(H,17,19,21). The Morgan fingerprint density at radius 3 is 2.54 bits per heavy atom. The molecule has 0 aliphatic heterocycles. The molecule has 7 nitrogen and oxygen atoms in total. The lowest BCUT2D eigenvalue weighted by atomic mass is 10.3. The molecule has 24 heavy (non-hydrogen) atoms. The van der Waals surface area contributed by atoms with Crippen molar-refractivity contribution in [1.82, 2.24) is 10.2 Å². The van der Waals surface area contributed by atoms with Crippen LogP contribution in [-0.2, 0) is 16.0 Å². The fraction of sp³-hybridized carbons (Fsp3) is 0.333. The summed E-state index contributed by atoms with van der Waals surface area (Å²) < 4.78 is 5.17. The van der Waals surface area contributed by atoms with Gasteiger partial charge in [0, 0.05) is 0 Å². The fourth-order valence-corrected chi connectivity index (χ4v) is 3.09. The highest BCUT2D eigenvalue weighted by Crippen LogP contribution is 2.23. The predicted octanol–water partition coefficient (Wildman–Crippen LogP) is 2.42. The van der Waals surface area contributed by atoms with Gasteiger partial charge in [0.15, 0.2) is 0 Å². The van der Waals surface area contributed by atoms with Crippen LogP contribution >= 0.6 is 23.1 Å². The number of nitrogens with one attached hydrogen (secondary N) is 2. The third-order valence-electron chi connectivity index (χ3n) is 2.86. The van der Waals surface area contributed by atoms with E-state index in [1.54, 1.807) is 19.2 Å². The van der Waals surface area contributed by atoms with Crippen LogP contribution in [0.15, 0.2) is 24.3 Å². The molecule has 1 aromatic carbocycles. The van der Waals surface area contributed by atoms with Crippen LogP contribution < -0.4 is 15.4 Å². The van der Waals surface area contributed by atoms with Crippen LogP contribution in [0.1, 0.15) is 11.9 Å². The molecule has 9 heteroatoms. The molecule has 0 saturated heterocycles. The minimum Gasteiger partial charge on any atom is -0.495 e. The maximum absolute atomic E-state index is 11.9. The zero-order valence-electron chi connectivity index (χ0n) is 13.4. The highest BCUT2D eigenvalue weighted by Gasteiger charge is 2.10. The van der Waals surface area contributed by atoms with Gasteiger partial charge < -0.3 is 10.1 Å². The number of hydrogen-bond acceptors (Lipinski definition) is 7. The van der Waals surface area contributed by atoms with E-state index in [1.165, 1.54) is 23.1 Å². The molecule has 0 fully saturated rings. The smallest absolute Gasteiger partial charge is 0.236 e. The molecule has 0 aliphatic rings. The van der Waals surface area contributed by atoms with Crippen LogP contribution in [0.5, 0.6) is 5.75 Å². The Balaban J connectivity index is 1.73. The summed E-state index contributed by atoms with van der Waals surface area (Å²) in [4.78, 5) is 23.7. The summed E-state index contributed by atoms with van der Waals surface area (Å²) in [6, 6.07) is 7.16. The highest BCUT2D eigenvalue weighted by atomic mass is 32.2. The summed E-state index contributed by atoms with van der Waals surface area (Å²) in [5.74, 6) is 0.532. The topological polar surface area (TPSA) is 93.2 Å². The van der Waals surface area contributed by atoms with Crippen molar-refractivity contribution in [3.63, 3.8) is 0 Å². The van der Waals surface area contributed by atoms with Gasteiger partial charge in [0.05, 0.1) is 24.3 Å². The molecule has 0 aliphatic carbocycles. The number of rotatable bonds is 8. The molecule has 0 unspecified atom stereocenters. The largest absolute Gasteiger partial charge is 0.495 e. The second-order valence-electron chi connectivity index (χ2n) is 4.64. The fourth-order valence-electron chi connectivity index (χ4n) is 1.77. The Hall–Kier alpha value is -2.13. The molecule has 1 aromatic heterocycles. The summed E-state index contributed by atoms with van der Waals surface area (Å²) in [5, 5.41) is 14.6. The van der Waals surface area contributed by atoms with E-state index in [0.29, 0.717) is 16.6 Å². The van der Waals surface area contributed by atoms with Gasteiger partial charge in [0.2, 0.25) is 16.9 Å². The normalized spacial score (nSPS) is 10.2. The second kappa shape index (κ2) is 9.24. The number of para-hydroxylation sites is 2. The maximum atomic E-state index is 11.9. The molecular formula is C15H18N4O3S2. The van der Waals surface area contributed by atoms with Gasteiger partial charge in [-0.1, -0.05) is 30.4 Å². The van der Waals surface area contributed by atoms with Crippen molar-refractivity contribution >= 4 is 45.7 Å². The van der Waals surface area contributed by atoms with Crippen LogP contribution in [0, 0.1) is 0 Å². The Bertz CT molecular complexity index is 706. The molecule has 0 atom stereocenters. The van der Waals surface area contributed by atoms with Gasteiger partial charge in [-0.2, -0.15) is 0 Å². The van der Waals surface area contributed by atoms with Crippen molar-refractivity contribution in [3.8, 4) is 5.75 Å². The number of benzene rings is 1. The molecule has 0 saturated carbocycles. The van der Waals surface area contributed by atoms with Crippen LogP contribution in [0.25, 0.3) is 0 Å². The SMILES string of the molecule is CCc1nnc(NC(=O)CSCC(=O)Nc2ccccc2OC)s1. The van der Waals surface area contributed by atoms with Crippen LogP contribution in [0.3, 0.4) is 0 Å². The van der Waals surface area contributed by atoms with E-state index in [2.05, 4.69) is 20.8 Å². The minimum absolute atomic E-state index is 0.167. The van der Waals surface area contributed by atoms with E-state index < -0.39 is 0 Å². The Morgan fingerprint density at radius 1 is 1.17 bits per heavy atom. The van der Waals surface area contributed by atoms with Gasteiger partial charge in [0.25, 0.3) is 0 Å². The number of amides is 2. The van der Waals surface area contributed by atoms with Gasteiger partial charge >= 0.3 is 0 Å². The van der Waals surface area contributed by atoms with Crippen molar-refractivity contribution < 1.29 is 14.3 Å². The first-order chi connectivity index (χ1) is 11.6. The van der Waals surface area contributed by atoms with E-state index in [0.717, 1.165) is 11.4 Å². The molecular weight excluding hydrogens is 348 g/mol. The number of anilines is 2. The summed E-state index contributed by atoms with van der Waals surface area (Å²) in [5.41, 5.74) is 0.607. The zero-order chi connectivity index (χ0) is 17.4. The van der Waals surface area contributed by atoms with Gasteiger partial charge in [-0.15, -0.1) is 22.0 Å². The lowest BCUT2D eigenvalue weighted by Gasteiger charge is -2.09. The molecule has 2 N–H and O–H groups in total. The number of thioether (sulfide) groups is 1. The van der Waals surface area contributed by atoms with Crippen LogP contribution in [-0.4, -0.2) is 40.6 Å². The van der Waals surface area contributed by atoms with E-state index in [-0.39, 0.29) is 23.3 Å². The monoisotopic (exact) mass is 366 g/mol. The number of carbonyl (C=O) groups is 2. The number of hydrogen-bond donors (Lipinski definition) is 2. The van der Waals surface area contributed by atoms with E-state index >= 15 is 0 Å². The summed E-state index contributed by atoms with van der Waals surface area (Å²) in [6.07, 6.45) is 0.783. The molecule has 2 aromatic rings. The number of carbonyl (C=O) groups excluding carboxylic acids is 2. The van der Waals surface area contributed by atoms with Crippen molar-refractivity contribution in [2.75, 3.05) is 29.2 Å². The van der Waals surface area contributed by atoms with Gasteiger partial charge in [-0.25, -0.2) is 0 Å². The van der Waals surface area contributed by atoms with Gasteiger partial charge in [-0.3, -0.25) is 14.9 Å². The lowest BCUT2D eigenvalue weighted by molar-refractivity contribution is -0.114. The Morgan fingerprint density at radius 2 is 1.88 bits per heavy atom. The van der Waals surface area contributed by atoms with Gasteiger partial charge in [-0.05, 0) is 18.6 Å². The average Bonchev–Trinajstić information content (AvgIpc) is 3.02. The van der Waals surface area contributed by atoms with Crippen molar-refractivity contribution in [3.05, 3.63) is 29.3 Å². The number of ether oxygens (including phenoxy) is 1. The molecule has 2 amide bonds. The summed E-state index contributed by atoms with van der Waals surface area (Å²) in [6.45, 7) is 1.97. The molecule has 0 bridgehead atoms. The van der Waals surface area contributed by atoms with Crippen molar-refractivity contribution in [2.45, 2.75) is 13.3 Å². The lowest BCUT2D eigenvalue weighted by Crippen LogP contribution is -2.18. The molecule has 2 rings (SSSR count). The third kappa shape index (κ3) is 5.50. The van der Waals surface area contributed by atoms with Gasteiger partial charge in [0.1, 0.15) is 10.8 Å². The Kier molecular flexibility index (Phi) is 7.01. The predicted molar refractivity (Wildman–Crippen MR) is 96.9 cm³/mol. The third-order valence-corrected chi connectivity index (χ3v) is 4.78. The summed E-state index contributed by atoms with van der Waals surface area (Å²) in [7, 11) is 1.54. The first-order valence-corrected chi connectivity index (χ1v) is 9.22. The van der Waals surface area contributed by atoms with Crippen molar-refractivity contribution in [1.29, 1.82) is 0 Å². The van der Waals surface area contributed by atoms with Crippen LogP contribution in [0.2, 0.25) is 0 Å². The highest BCUT2D eigenvalue weighted by molar-refractivity contribution is 8.00. The summed E-state index contributed by atoms with van der Waals surface area (Å²) >= 11 is 2.58. The molecule has 1 heterocycles. The number of methoxy groups -OCH3 is 1. The Labute approximate surface area is 148 Å². The van der Waals surface area contributed by atoms with E-state index in [4.69, 9.17) is 4.74 Å². The second-order valence-corrected chi connectivity index (χ2v) is 6.69. The zero-order valence-corrected chi connectivity index (χ0v) is 15.0. The van der Waals surface area contributed by atoms with E-state index in [9.17, 15) is 9.59 Å². The van der Waals surface area contributed by atoms with Crippen molar-refractivity contribution in [2.24, 2.45) is 0 Å². The molecule has 0 spiro atoms. The molecule has 128 valence electrons. The molecule has 0 radical (unpaired) electrons. The number of aryl methyl sites for hydroxylation is 1. The number of aromatic nitrogens is 2. The minimum atomic E-state index is -0.205. The number of nitrogens with zero attached hydrogens (tertiary/aromatic N) is 2. The quantitative estimate of drug-likeness (QED) is 0.745. The first-order valence-electron chi connectivity index (χ1n) is 7.25.